The Labute approximate surface area is 308 Å². The number of piperazine rings is 1. The molecule has 5 amide bonds. The quantitative estimate of drug-likeness (QED) is 0.230. The van der Waals surface area contributed by atoms with Gasteiger partial charge in [-0.15, -0.1) is 0 Å². The minimum Gasteiger partial charge on any atom is -0.460 e. The van der Waals surface area contributed by atoms with Gasteiger partial charge in [-0.1, -0.05) is 58.0 Å². The van der Waals surface area contributed by atoms with Crippen molar-refractivity contribution in [1.82, 2.24) is 30.7 Å². The van der Waals surface area contributed by atoms with Crippen LogP contribution in [0.25, 0.3) is 0 Å². The van der Waals surface area contributed by atoms with E-state index in [9.17, 15) is 28.8 Å². The third-order valence-corrected chi connectivity index (χ3v) is 9.07. The van der Waals surface area contributed by atoms with Crippen molar-refractivity contribution in [1.29, 1.82) is 0 Å². The molecule has 2 aliphatic heterocycles. The van der Waals surface area contributed by atoms with Crippen LogP contribution in [0, 0.1) is 11.8 Å². The van der Waals surface area contributed by atoms with Crippen LogP contribution in [0.2, 0.25) is 0 Å². The average molecular weight is 729 g/mol. The van der Waals surface area contributed by atoms with Crippen LogP contribution in [0.15, 0.2) is 30.3 Å². The summed E-state index contributed by atoms with van der Waals surface area (Å²) in [4.78, 5) is 85.9. The molecule has 2 fully saturated rings. The molecule has 0 radical (unpaired) electrons. The van der Waals surface area contributed by atoms with Gasteiger partial charge in [-0.25, -0.2) is 4.79 Å². The molecule has 290 valence electrons. The normalized spacial score (nSPS) is 18.4. The molecule has 52 heavy (non-hydrogen) atoms. The zero-order valence-corrected chi connectivity index (χ0v) is 32.2. The van der Waals surface area contributed by atoms with E-state index < -0.39 is 59.6 Å². The van der Waals surface area contributed by atoms with E-state index in [2.05, 4.69) is 20.9 Å². The largest absolute Gasteiger partial charge is 0.460 e. The number of carbonyl (C=O) groups excluding carboxylic acids is 6. The molecule has 14 nitrogen and oxygen atoms in total. The second kappa shape index (κ2) is 19.6. The van der Waals surface area contributed by atoms with Gasteiger partial charge >= 0.3 is 12.1 Å². The fourth-order valence-corrected chi connectivity index (χ4v) is 6.22. The van der Waals surface area contributed by atoms with E-state index in [4.69, 9.17) is 9.47 Å². The van der Waals surface area contributed by atoms with Gasteiger partial charge in [-0.05, 0) is 70.9 Å². The Morgan fingerprint density at radius 1 is 0.846 bits per heavy atom. The van der Waals surface area contributed by atoms with Crippen molar-refractivity contribution in [3.8, 4) is 0 Å². The van der Waals surface area contributed by atoms with Gasteiger partial charge in [-0.2, -0.15) is 0 Å². The summed E-state index contributed by atoms with van der Waals surface area (Å²) in [6, 6.07) is 5.31. The number of amides is 5. The lowest BCUT2D eigenvalue weighted by Crippen LogP contribution is -2.60. The molecule has 0 bridgehead atoms. The molecule has 3 rings (SSSR count). The second-order valence-corrected chi connectivity index (χ2v) is 15.6. The topological polar surface area (TPSA) is 167 Å². The Balaban J connectivity index is 1.75. The van der Waals surface area contributed by atoms with Crippen LogP contribution in [-0.2, 0) is 40.1 Å². The highest BCUT2D eigenvalue weighted by atomic mass is 16.6. The first-order valence-corrected chi connectivity index (χ1v) is 18.5. The van der Waals surface area contributed by atoms with Crippen molar-refractivity contribution in [2.75, 3.05) is 39.8 Å². The van der Waals surface area contributed by atoms with E-state index >= 15 is 0 Å². The van der Waals surface area contributed by atoms with Crippen molar-refractivity contribution in [3.63, 3.8) is 0 Å². The molecule has 14 heteroatoms. The van der Waals surface area contributed by atoms with Gasteiger partial charge in [0, 0.05) is 39.1 Å². The maximum Gasteiger partial charge on any atom is 0.410 e. The minimum atomic E-state index is -1.20. The number of ether oxygens (including phenoxy) is 2. The number of nitrogens with zero attached hydrogens (tertiary/aromatic N) is 3. The molecule has 2 saturated heterocycles. The first-order valence-electron chi connectivity index (χ1n) is 18.5. The number of hydrogen-bond donors (Lipinski definition) is 3. The van der Waals surface area contributed by atoms with Gasteiger partial charge in [0.1, 0.15) is 36.4 Å². The van der Waals surface area contributed by atoms with Crippen molar-refractivity contribution < 1.29 is 38.2 Å². The number of hydrogen-bond acceptors (Lipinski definition) is 9. The fraction of sp³-hybridized carbons (Fsp3) is 0.684. The van der Waals surface area contributed by atoms with Crippen LogP contribution in [0.5, 0.6) is 0 Å². The molecule has 1 aromatic rings. The molecule has 1 aromatic carbocycles. The highest BCUT2D eigenvalue weighted by Gasteiger charge is 2.38. The summed E-state index contributed by atoms with van der Waals surface area (Å²) in [5.41, 5.74) is 0.0724. The molecule has 0 saturated carbocycles. The summed E-state index contributed by atoms with van der Waals surface area (Å²) >= 11 is 0. The number of benzene rings is 1. The van der Waals surface area contributed by atoms with E-state index in [1.807, 2.05) is 65.1 Å². The highest BCUT2D eigenvalue weighted by Crippen LogP contribution is 2.20. The third-order valence-electron chi connectivity index (χ3n) is 9.07. The zero-order chi connectivity index (χ0) is 38.6. The van der Waals surface area contributed by atoms with Crippen LogP contribution in [-0.4, -0.2) is 120 Å². The Morgan fingerprint density at radius 2 is 1.48 bits per heavy atom. The summed E-state index contributed by atoms with van der Waals surface area (Å²) in [6.45, 7) is 15.6. The number of carbonyl (C=O) groups is 6. The van der Waals surface area contributed by atoms with Gasteiger partial charge in [0.05, 0.1) is 0 Å². The number of esters is 1. The van der Waals surface area contributed by atoms with Gasteiger partial charge in [0.25, 0.3) is 0 Å². The van der Waals surface area contributed by atoms with Gasteiger partial charge < -0.3 is 35.2 Å². The standard InChI is InChI=1S/C38H60N6O8/c1-25(2)23-29(40-35(48)30-15-12-18-44(30)37(50)51-24-27-13-10-9-11-14-27)34(47)39-28(16-17-31(45)52-38(5,6)7)33(46)41-32(26(3)4)36(49)43-21-19-42(8)20-22-43/h9-11,13-14,25-26,28-30,32H,12,15-24H2,1-8H3,(H,39,47)(H,40,48)(H,41,46)/t28-,29-,30-,32-/m0/s1. The predicted octanol–water partition coefficient (Wildman–Crippen LogP) is 2.84. The van der Waals surface area contributed by atoms with Crippen molar-refractivity contribution in [3.05, 3.63) is 35.9 Å². The third kappa shape index (κ3) is 13.4. The van der Waals surface area contributed by atoms with E-state index in [0.717, 1.165) is 18.7 Å². The fourth-order valence-electron chi connectivity index (χ4n) is 6.22. The van der Waals surface area contributed by atoms with Crippen LogP contribution in [0.1, 0.15) is 86.1 Å². The number of likely N-dealkylation sites (N-methyl/N-ethyl adjacent to an activating group) is 1. The summed E-state index contributed by atoms with van der Waals surface area (Å²) < 4.78 is 10.9. The van der Waals surface area contributed by atoms with Crippen LogP contribution >= 0.6 is 0 Å². The van der Waals surface area contributed by atoms with Crippen LogP contribution in [0.3, 0.4) is 0 Å². The Bertz CT molecular complexity index is 1370. The Morgan fingerprint density at radius 3 is 2.08 bits per heavy atom. The zero-order valence-electron chi connectivity index (χ0n) is 32.2. The number of rotatable bonds is 15. The maximum absolute atomic E-state index is 13.9. The van der Waals surface area contributed by atoms with E-state index in [1.165, 1.54) is 4.90 Å². The van der Waals surface area contributed by atoms with Crippen molar-refractivity contribution in [2.45, 2.75) is 117 Å². The predicted molar refractivity (Wildman–Crippen MR) is 196 cm³/mol. The van der Waals surface area contributed by atoms with Gasteiger partial charge in [0.15, 0.2) is 0 Å². The Hall–Kier alpha value is -4.20. The smallest absolute Gasteiger partial charge is 0.410 e. The molecule has 2 heterocycles. The lowest BCUT2D eigenvalue weighted by atomic mass is 10.00. The molecule has 3 N–H and O–H groups in total. The molecule has 0 aliphatic carbocycles. The summed E-state index contributed by atoms with van der Waals surface area (Å²) in [5.74, 6) is -2.75. The maximum atomic E-state index is 13.9. The summed E-state index contributed by atoms with van der Waals surface area (Å²) in [7, 11) is 1.99. The first kappa shape index (κ1) is 42.2. The molecule has 2 aliphatic rings. The molecule has 4 atom stereocenters. The number of likely N-dealkylation sites (tertiary alicyclic amines) is 1. The molecule has 0 spiro atoms. The van der Waals surface area contributed by atoms with E-state index in [0.29, 0.717) is 32.5 Å². The monoisotopic (exact) mass is 728 g/mol. The van der Waals surface area contributed by atoms with Crippen LogP contribution < -0.4 is 16.0 Å². The van der Waals surface area contributed by atoms with Gasteiger partial charge in [0.2, 0.25) is 23.6 Å². The Kier molecular flexibility index (Phi) is 15.9. The highest BCUT2D eigenvalue weighted by molar-refractivity contribution is 5.95. The molecule has 0 aromatic heterocycles. The van der Waals surface area contributed by atoms with E-state index in [1.54, 1.807) is 25.7 Å². The summed E-state index contributed by atoms with van der Waals surface area (Å²) in [6.07, 6.45) is 0.372. The van der Waals surface area contributed by atoms with E-state index in [-0.39, 0.29) is 43.6 Å². The van der Waals surface area contributed by atoms with Gasteiger partial charge in [-0.3, -0.25) is 28.9 Å². The van der Waals surface area contributed by atoms with Crippen LogP contribution in [0.4, 0.5) is 4.79 Å². The van der Waals surface area contributed by atoms with Crippen molar-refractivity contribution >= 4 is 35.7 Å². The van der Waals surface area contributed by atoms with Crippen molar-refractivity contribution in [2.24, 2.45) is 11.8 Å². The SMILES string of the molecule is CC(C)C[C@H](NC(=O)[C@@H]1CCCN1C(=O)OCc1ccccc1)C(=O)N[C@@H](CCC(=O)OC(C)(C)C)C(=O)N[C@H](C(=O)N1CCN(C)CC1)C(C)C. The lowest BCUT2D eigenvalue weighted by Gasteiger charge is -2.36. The minimum absolute atomic E-state index is 0.0212. The molecular formula is C38H60N6O8. The number of nitrogens with one attached hydrogen (secondary N) is 3. The molecule has 0 unspecified atom stereocenters. The molecular weight excluding hydrogens is 668 g/mol. The second-order valence-electron chi connectivity index (χ2n) is 15.6. The first-order chi connectivity index (χ1) is 24.4. The average Bonchev–Trinajstić information content (AvgIpc) is 3.57. The summed E-state index contributed by atoms with van der Waals surface area (Å²) in [5, 5.41) is 8.44. The lowest BCUT2D eigenvalue weighted by molar-refractivity contribution is -0.155.